The summed E-state index contributed by atoms with van der Waals surface area (Å²) in [5.41, 5.74) is 0. The summed E-state index contributed by atoms with van der Waals surface area (Å²) >= 11 is 0. The third kappa shape index (κ3) is 4.33. The SMILES string of the molecule is CS(=O)(=O)O[C@](CO)([C@@H](O)[C@H](O)[C@H](O)CO)S(C)(=O)=O. The van der Waals surface area contributed by atoms with E-state index in [-0.39, 0.29) is 0 Å². The van der Waals surface area contributed by atoms with Crippen LogP contribution in [0.25, 0.3) is 0 Å². The highest BCUT2D eigenvalue weighted by Crippen LogP contribution is 2.28. The van der Waals surface area contributed by atoms with Gasteiger partial charge in [-0.3, -0.25) is 0 Å². The molecular weight excluding hydrogens is 320 g/mol. The van der Waals surface area contributed by atoms with E-state index in [2.05, 4.69) is 4.18 Å². The maximum atomic E-state index is 11.7. The summed E-state index contributed by atoms with van der Waals surface area (Å²) < 4.78 is 49.8. The van der Waals surface area contributed by atoms with Gasteiger partial charge in [-0.15, -0.1) is 0 Å². The van der Waals surface area contributed by atoms with Crippen LogP contribution in [0.3, 0.4) is 0 Å². The molecular formula is C8H18O10S2. The summed E-state index contributed by atoms with van der Waals surface area (Å²) in [7, 11) is -8.99. The first-order valence-corrected chi connectivity index (χ1v) is 8.89. The van der Waals surface area contributed by atoms with Gasteiger partial charge in [0.1, 0.15) is 18.3 Å². The highest BCUT2D eigenvalue weighted by Gasteiger charge is 2.55. The van der Waals surface area contributed by atoms with Gasteiger partial charge in [-0.1, -0.05) is 0 Å². The number of aliphatic hydroxyl groups excluding tert-OH is 5. The van der Waals surface area contributed by atoms with Crippen LogP contribution in [0.2, 0.25) is 0 Å². The summed E-state index contributed by atoms with van der Waals surface area (Å²) in [6.07, 6.45) is -5.83. The van der Waals surface area contributed by atoms with Crippen LogP contribution in [-0.4, -0.2) is 91.3 Å². The maximum absolute atomic E-state index is 11.7. The minimum absolute atomic E-state index is 0.468. The summed E-state index contributed by atoms with van der Waals surface area (Å²) in [6.45, 7) is -2.54. The number of sulfone groups is 1. The fourth-order valence-corrected chi connectivity index (χ4v) is 3.74. The predicted octanol–water partition coefficient (Wildman–Crippen LogP) is -4.23. The van der Waals surface area contributed by atoms with E-state index in [1.165, 1.54) is 0 Å². The van der Waals surface area contributed by atoms with E-state index in [1.807, 2.05) is 0 Å². The highest BCUT2D eigenvalue weighted by atomic mass is 32.2. The van der Waals surface area contributed by atoms with Gasteiger partial charge in [0, 0.05) is 6.26 Å². The first-order valence-electron chi connectivity index (χ1n) is 5.18. The lowest BCUT2D eigenvalue weighted by atomic mass is 10.0. The Morgan fingerprint density at radius 2 is 1.50 bits per heavy atom. The molecule has 0 aromatic rings. The smallest absolute Gasteiger partial charge is 0.266 e. The average Bonchev–Trinajstić information content (AvgIpc) is 2.30. The molecule has 0 aromatic carbocycles. The Hall–Kier alpha value is -0.340. The summed E-state index contributed by atoms with van der Waals surface area (Å²) in [5.74, 6) is 0. The predicted molar refractivity (Wildman–Crippen MR) is 65.7 cm³/mol. The van der Waals surface area contributed by atoms with Crippen molar-refractivity contribution in [2.24, 2.45) is 0 Å². The minimum Gasteiger partial charge on any atom is -0.394 e. The zero-order valence-electron chi connectivity index (χ0n) is 10.7. The van der Waals surface area contributed by atoms with Crippen molar-refractivity contribution in [3.63, 3.8) is 0 Å². The van der Waals surface area contributed by atoms with Crippen LogP contribution in [0.1, 0.15) is 0 Å². The Bertz CT molecular complexity index is 511. The largest absolute Gasteiger partial charge is 0.394 e. The lowest BCUT2D eigenvalue weighted by molar-refractivity contribution is -0.129. The number of aliphatic hydroxyl groups is 5. The molecule has 0 saturated heterocycles. The van der Waals surface area contributed by atoms with E-state index in [0.29, 0.717) is 12.5 Å². The molecule has 0 rings (SSSR count). The van der Waals surface area contributed by atoms with Crippen LogP contribution in [0, 0.1) is 0 Å². The molecule has 0 amide bonds. The Kier molecular flexibility index (Phi) is 6.50. The lowest BCUT2D eigenvalue weighted by Crippen LogP contribution is -2.61. The Labute approximate surface area is 116 Å². The fraction of sp³-hybridized carbons (Fsp3) is 1.00. The van der Waals surface area contributed by atoms with Gasteiger partial charge < -0.3 is 25.5 Å². The van der Waals surface area contributed by atoms with Gasteiger partial charge >= 0.3 is 0 Å². The first kappa shape index (κ1) is 19.7. The van der Waals surface area contributed by atoms with E-state index in [9.17, 15) is 32.2 Å². The molecule has 0 heterocycles. The van der Waals surface area contributed by atoms with Crippen molar-refractivity contribution in [2.45, 2.75) is 23.2 Å². The molecule has 5 N–H and O–H groups in total. The zero-order chi connectivity index (χ0) is 16.4. The summed E-state index contributed by atoms with van der Waals surface area (Å²) in [6, 6.07) is 0. The van der Waals surface area contributed by atoms with Gasteiger partial charge in [-0.05, 0) is 0 Å². The van der Waals surface area contributed by atoms with Gasteiger partial charge in [-0.25, -0.2) is 12.6 Å². The molecule has 0 radical (unpaired) electrons. The summed E-state index contributed by atoms with van der Waals surface area (Å²) in [5, 5.41) is 46.3. The van der Waals surface area contributed by atoms with Crippen LogP contribution in [0.4, 0.5) is 0 Å². The van der Waals surface area contributed by atoms with Crippen LogP contribution in [0.5, 0.6) is 0 Å². The van der Waals surface area contributed by atoms with Crippen molar-refractivity contribution in [2.75, 3.05) is 25.7 Å². The Morgan fingerprint density at radius 1 is 1.05 bits per heavy atom. The van der Waals surface area contributed by atoms with E-state index < -0.39 is 56.4 Å². The molecule has 0 aliphatic heterocycles. The molecule has 0 saturated carbocycles. The second-order valence-corrected chi connectivity index (χ2v) is 8.03. The van der Waals surface area contributed by atoms with Crippen molar-refractivity contribution >= 4 is 20.0 Å². The van der Waals surface area contributed by atoms with Crippen LogP contribution < -0.4 is 0 Å². The van der Waals surface area contributed by atoms with Crippen LogP contribution >= 0.6 is 0 Å². The van der Waals surface area contributed by atoms with Gasteiger partial charge in [0.05, 0.1) is 19.5 Å². The lowest BCUT2D eigenvalue weighted by Gasteiger charge is -2.36. The molecule has 0 bridgehead atoms. The van der Waals surface area contributed by atoms with E-state index in [0.717, 1.165) is 0 Å². The number of rotatable bonds is 8. The quantitative estimate of drug-likeness (QED) is 0.272. The first-order chi connectivity index (χ1) is 8.82. The summed E-state index contributed by atoms with van der Waals surface area (Å²) in [4.78, 5) is -3.10. The molecule has 20 heavy (non-hydrogen) atoms. The Balaban J connectivity index is 5.88. The van der Waals surface area contributed by atoms with E-state index >= 15 is 0 Å². The van der Waals surface area contributed by atoms with Crippen molar-refractivity contribution in [3.05, 3.63) is 0 Å². The molecule has 0 aliphatic carbocycles. The second kappa shape index (κ2) is 6.62. The van der Waals surface area contributed by atoms with Gasteiger partial charge in [-0.2, -0.15) is 8.42 Å². The minimum atomic E-state index is -4.55. The molecule has 0 aromatic heterocycles. The second-order valence-electron chi connectivity index (χ2n) is 4.21. The molecule has 0 fully saturated rings. The van der Waals surface area contributed by atoms with E-state index in [4.69, 9.17) is 10.2 Å². The average molecular weight is 338 g/mol. The molecule has 0 unspecified atom stereocenters. The third-order valence-corrected chi connectivity index (χ3v) is 4.91. The molecule has 12 heteroatoms. The molecule has 10 nitrogen and oxygen atoms in total. The number of hydrogen-bond donors (Lipinski definition) is 5. The topological polar surface area (TPSA) is 179 Å². The highest BCUT2D eigenvalue weighted by molar-refractivity contribution is 7.93. The van der Waals surface area contributed by atoms with Crippen molar-refractivity contribution in [3.8, 4) is 0 Å². The van der Waals surface area contributed by atoms with Crippen molar-refractivity contribution < 1.29 is 46.6 Å². The molecule has 122 valence electrons. The van der Waals surface area contributed by atoms with Crippen LogP contribution in [-0.2, 0) is 24.1 Å². The maximum Gasteiger partial charge on any atom is 0.266 e. The van der Waals surface area contributed by atoms with Crippen LogP contribution in [0.15, 0.2) is 0 Å². The van der Waals surface area contributed by atoms with Gasteiger partial charge in [0.15, 0.2) is 9.84 Å². The molecule has 0 spiro atoms. The Morgan fingerprint density at radius 3 is 1.75 bits per heavy atom. The van der Waals surface area contributed by atoms with Crippen molar-refractivity contribution in [1.29, 1.82) is 0 Å². The zero-order valence-corrected chi connectivity index (χ0v) is 12.4. The van der Waals surface area contributed by atoms with Crippen molar-refractivity contribution in [1.82, 2.24) is 0 Å². The molecule has 0 aliphatic rings. The van der Waals surface area contributed by atoms with E-state index in [1.54, 1.807) is 0 Å². The molecule has 4 atom stereocenters. The normalized spacial score (nSPS) is 20.9. The van der Waals surface area contributed by atoms with Gasteiger partial charge in [0.25, 0.3) is 10.1 Å². The monoisotopic (exact) mass is 338 g/mol. The third-order valence-electron chi connectivity index (χ3n) is 2.50. The number of hydrogen-bond acceptors (Lipinski definition) is 10. The fourth-order valence-electron chi connectivity index (χ4n) is 1.40. The standard InChI is InChI=1S/C8H18O10S2/c1-19(14,15)8(4-10,18-20(2,16)17)7(13)6(12)5(11)3-9/h5-7,9-13H,3-4H2,1-2H3/t5-,6-,7+,8+/m1/s1. The van der Waals surface area contributed by atoms with Gasteiger partial charge in [0.2, 0.25) is 4.93 Å².